The molecule has 1 aliphatic rings. The van der Waals surface area contributed by atoms with Crippen LogP contribution in [0.4, 0.5) is 11.5 Å². The number of rotatable bonds is 5. The second kappa shape index (κ2) is 10.8. The Balaban J connectivity index is 1.47. The third kappa shape index (κ3) is 5.81. The van der Waals surface area contributed by atoms with Crippen molar-refractivity contribution in [2.75, 3.05) is 23.7 Å². The van der Waals surface area contributed by atoms with Crippen LogP contribution in [-0.4, -0.2) is 40.6 Å². The quantitative estimate of drug-likeness (QED) is 0.281. The minimum Gasteiger partial charge on any atom is -0.357 e. The molecule has 34 heavy (non-hydrogen) atoms. The van der Waals surface area contributed by atoms with Crippen molar-refractivity contribution in [1.82, 2.24) is 9.88 Å². The van der Waals surface area contributed by atoms with E-state index in [0.717, 1.165) is 36.0 Å². The van der Waals surface area contributed by atoms with Gasteiger partial charge in [-0.1, -0.05) is 23.7 Å². The van der Waals surface area contributed by atoms with E-state index in [1.54, 1.807) is 54.7 Å². The van der Waals surface area contributed by atoms with Crippen molar-refractivity contribution in [3.05, 3.63) is 87.0 Å². The minimum atomic E-state index is -0.446. The van der Waals surface area contributed by atoms with E-state index in [1.807, 2.05) is 0 Å². The molecular weight excluding hydrogens is 518 g/mol. The van der Waals surface area contributed by atoms with Gasteiger partial charge >= 0.3 is 0 Å². The lowest BCUT2D eigenvalue weighted by Gasteiger charge is -2.29. The minimum absolute atomic E-state index is 0.217. The van der Waals surface area contributed by atoms with Gasteiger partial charge in [-0.3, -0.25) is 15.0 Å². The molecule has 3 aromatic rings. The number of halogens is 2. The average Bonchev–Trinajstić information content (AvgIpc) is 2.86. The molecular formula is C25H23BrClN5O2. The maximum atomic E-state index is 12.9. The molecule has 2 heterocycles. The largest absolute Gasteiger partial charge is 0.357 e. The topological polar surface area (TPSA) is 98.2 Å². The Morgan fingerprint density at radius 2 is 1.62 bits per heavy atom. The fourth-order valence-electron chi connectivity index (χ4n) is 3.72. The van der Waals surface area contributed by atoms with Gasteiger partial charge in [0.25, 0.3) is 11.8 Å². The van der Waals surface area contributed by atoms with Crippen LogP contribution in [0.3, 0.4) is 0 Å². The first-order valence-electron chi connectivity index (χ1n) is 10.9. The number of carbonyl (C=O) groups excluding carboxylic acids is 2. The Labute approximate surface area is 211 Å². The number of benzene rings is 2. The first-order valence-corrected chi connectivity index (χ1v) is 12.1. The fourth-order valence-corrected chi connectivity index (χ4v) is 4.13. The van der Waals surface area contributed by atoms with E-state index in [-0.39, 0.29) is 11.5 Å². The van der Waals surface area contributed by atoms with Crippen LogP contribution in [0.1, 0.15) is 45.5 Å². The average molecular weight is 541 g/mol. The molecule has 0 radical (unpaired) electrons. The van der Waals surface area contributed by atoms with Crippen LogP contribution in [0.2, 0.25) is 5.02 Å². The zero-order valence-corrected chi connectivity index (χ0v) is 20.6. The molecule has 3 N–H and O–H groups in total. The van der Waals surface area contributed by atoms with E-state index in [4.69, 9.17) is 17.0 Å². The van der Waals surface area contributed by atoms with Gasteiger partial charge in [0.2, 0.25) is 0 Å². The molecule has 1 aliphatic heterocycles. The maximum absolute atomic E-state index is 12.9. The van der Waals surface area contributed by atoms with Crippen LogP contribution in [0, 0.1) is 5.41 Å². The molecule has 0 bridgehead atoms. The van der Waals surface area contributed by atoms with Gasteiger partial charge in [0.1, 0.15) is 11.7 Å². The van der Waals surface area contributed by atoms with Crippen molar-refractivity contribution in [2.45, 2.75) is 19.3 Å². The lowest BCUT2D eigenvalue weighted by atomic mass is 10.1. The first kappa shape index (κ1) is 23.9. The highest BCUT2D eigenvalue weighted by atomic mass is 79.9. The molecule has 1 aromatic heterocycles. The summed E-state index contributed by atoms with van der Waals surface area (Å²) in [7, 11) is 0. The monoisotopic (exact) mass is 539 g/mol. The van der Waals surface area contributed by atoms with Crippen LogP contribution in [0.25, 0.3) is 0 Å². The Morgan fingerprint density at radius 3 is 2.29 bits per heavy atom. The maximum Gasteiger partial charge on any atom is 0.258 e. The molecule has 9 heteroatoms. The predicted molar refractivity (Wildman–Crippen MR) is 138 cm³/mol. The molecule has 4 rings (SSSR count). The molecule has 1 fully saturated rings. The van der Waals surface area contributed by atoms with Crippen LogP contribution >= 0.6 is 27.5 Å². The zero-order chi connectivity index (χ0) is 24.1. The number of likely N-dealkylation sites (tertiary alicyclic amines) is 1. The standard InChI is InChI=1S/C25H23BrClN5O2/c26-18-8-11-22(29-15-18)31-25(34)20-14-19(27)9-10-21(20)30-24(33)17-6-4-16(5-7-17)23(28)32-12-2-1-3-13-32/h4-11,14-15,28H,1-3,12-13H2,(H,30,33)(H,29,31,34). The van der Waals surface area contributed by atoms with Gasteiger partial charge in [-0.15, -0.1) is 0 Å². The molecule has 2 aromatic carbocycles. The number of aromatic nitrogens is 1. The summed E-state index contributed by atoms with van der Waals surface area (Å²) in [5.74, 6) is 0.0363. The number of anilines is 2. The van der Waals surface area contributed by atoms with Crippen LogP contribution in [0.15, 0.2) is 65.3 Å². The van der Waals surface area contributed by atoms with Crippen molar-refractivity contribution in [3.8, 4) is 0 Å². The summed E-state index contributed by atoms with van der Waals surface area (Å²) >= 11 is 9.42. The molecule has 1 saturated heterocycles. The van der Waals surface area contributed by atoms with Crippen molar-refractivity contribution in [3.63, 3.8) is 0 Å². The summed E-state index contributed by atoms with van der Waals surface area (Å²) in [6.07, 6.45) is 4.97. The van der Waals surface area contributed by atoms with Gasteiger partial charge in [0.15, 0.2) is 0 Å². The highest BCUT2D eigenvalue weighted by Crippen LogP contribution is 2.23. The van der Waals surface area contributed by atoms with E-state index in [9.17, 15) is 9.59 Å². The second-order valence-corrected chi connectivity index (χ2v) is 9.29. The van der Waals surface area contributed by atoms with Gasteiger partial charge in [-0.05, 0) is 77.7 Å². The lowest BCUT2D eigenvalue weighted by molar-refractivity contribution is 0.102. The van der Waals surface area contributed by atoms with Crippen molar-refractivity contribution in [2.24, 2.45) is 0 Å². The number of amides is 2. The summed E-state index contributed by atoms with van der Waals surface area (Å²) in [6.45, 7) is 1.77. The molecule has 174 valence electrons. The van der Waals surface area contributed by atoms with Gasteiger partial charge < -0.3 is 15.5 Å². The summed E-state index contributed by atoms with van der Waals surface area (Å²) in [4.78, 5) is 32.0. The number of hydrogen-bond donors (Lipinski definition) is 3. The Hall–Kier alpha value is -3.23. The third-order valence-electron chi connectivity index (χ3n) is 5.54. The van der Waals surface area contributed by atoms with Crippen molar-refractivity contribution >= 4 is 56.7 Å². The fraction of sp³-hybridized carbons (Fsp3) is 0.200. The SMILES string of the molecule is N=C(c1ccc(C(=O)Nc2ccc(Cl)cc2C(=O)Nc2ccc(Br)cn2)cc1)N1CCCCC1. The van der Waals surface area contributed by atoms with E-state index < -0.39 is 5.91 Å². The van der Waals surface area contributed by atoms with Gasteiger partial charge in [-0.25, -0.2) is 4.98 Å². The molecule has 2 amide bonds. The number of carbonyl (C=O) groups is 2. The summed E-state index contributed by atoms with van der Waals surface area (Å²) in [6, 6.07) is 15.0. The number of hydrogen-bond acceptors (Lipinski definition) is 4. The smallest absolute Gasteiger partial charge is 0.258 e. The molecule has 0 spiro atoms. The van der Waals surface area contributed by atoms with Crippen molar-refractivity contribution in [1.29, 1.82) is 5.41 Å². The predicted octanol–water partition coefficient (Wildman–Crippen LogP) is 5.81. The summed E-state index contributed by atoms with van der Waals surface area (Å²) in [5.41, 5.74) is 1.74. The molecule has 0 atom stereocenters. The zero-order valence-electron chi connectivity index (χ0n) is 18.3. The second-order valence-electron chi connectivity index (χ2n) is 7.93. The number of nitrogens with zero attached hydrogens (tertiary/aromatic N) is 2. The van der Waals surface area contributed by atoms with Gasteiger partial charge in [-0.2, -0.15) is 0 Å². The van der Waals surface area contributed by atoms with E-state index in [0.29, 0.717) is 27.9 Å². The van der Waals surface area contributed by atoms with E-state index in [2.05, 4.69) is 36.4 Å². The normalized spacial score (nSPS) is 13.3. The highest BCUT2D eigenvalue weighted by Gasteiger charge is 2.18. The molecule has 0 unspecified atom stereocenters. The Morgan fingerprint density at radius 1 is 0.912 bits per heavy atom. The van der Waals surface area contributed by atoms with Crippen LogP contribution in [0.5, 0.6) is 0 Å². The molecule has 0 aliphatic carbocycles. The number of amidine groups is 1. The first-order chi connectivity index (χ1) is 16.4. The third-order valence-corrected chi connectivity index (χ3v) is 6.24. The van der Waals surface area contributed by atoms with E-state index >= 15 is 0 Å². The number of piperidine rings is 1. The van der Waals surface area contributed by atoms with Gasteiger partial charge in [0.05, 0.1) is 11.3 Å². The summed E-state index contributed by atoms with van der Waals surface area (Å²) in [5, 5.41) is 14.3. The molecule has 7 nitrogen and oxygen atoms in total. The van der Waals surface area contributed by atoms with Crippen LogP contribution < -0.4 is 10.6 Å². The lowest BCUT2D eigenvalue weighted by Crippen LogP contribution is -2.35. The van der Waals surface area contributed by atoms with Gasteiger partial charge in [0, 0.05) is 39.9 Å². The Bertz CT molecular complexity index is 1210. The van der Waals surface area contributed by atoms with Crippen LogP contribution in [-0.2, 0) is 0 Å². The highest BCUT2D eigenvalue weighted by molar-refractivity contribution is 9.10. The summed E-state index contributed by atoms with van der Waals surface area (Å²) < 4.78 is 0.790. The number of nitrogens with one attached hydrogen (secondary N) is 3. The Kier molecular flexibility index (Phi) is 7.59. The number of pyridine rings is 1. The van der Waals surface area contributed by atoms with E-state index in [1.165, 1.54) is 12.5 Å². The molecule has 0 saturated carbocycles. The van der Waals surface area contributed by atoms with Crippen molar-refractivity contribution < 1.29 is 9.59 Å².